The van der Waals surface area contributed by atoms with Gasteiger partial charge in [-0.15, -0.1) is 10.2 Å². The van der Waals surface area contributed by atoms with Gasteiger partial charge < -0.3 is 9.09 Å². The average Bonchev–Trinajstić information content (AvgIpc) is 3.23. The van der Waals surface area contributed by atoms with E-state index >= 15 is 0 Å². The van der Waals surface area contributed by atoms with Crippen LogP contribution >= 0.6 is 11.8 Å². The van der Waals surface area contributed by atoms with Gasteiger partial charge in [-0.2, -0.15) is 0 Å². The van der Waals surface area contributed by atoms with E-state index in [0.29, 0.717) is 16.7 Å². The van der Waals surface area contributed by atoms with Crippen LogP contribution in [-0.4, -0.2) is 31.6 Å². The van der Waals surface area contributed by atoms with Crippen molar-refractivity contribution in [1.82, 2.24) is 19.9 Å². The quantitative estimate of drug-likeness (QED) is 0.679. The van der Waals surface area contributed by atoms with Crippen molar-refractivity contribution in [1.29, 1.82) is 0 Å². The van der Waals surface area contributed by atoms with Gasteiger partial charge in [-0.25, -0.2) is 0 Å². The Hall–Kier alpha value is -2.61. The summed E-state index contributed by atoms with van der Waals surface area (Å²) in [6.07, 6.45) is 1.66. The summed E-state index contributed by atoms with van der Waals surface area (Å²) in [5, 5.41) is 15.3. The molecule has 1 N–H and O–H groups in total. The second kappa shape index (κ2) is 7.52. The first-order chi connectivity index (χ1) is 12.0. The molecule has 2 heterocycles. The lowest BCUT2D eigenvalue weighted by atomic mass is 10.1. The summed E-state index contributed by atoms with van der Waals surface area (Å²) < 4.78 is 7.11. The van der Waals surface area contributed by atoms with Crippen LogP contribution in [0.5, 0.6) is 0 Å². The van der Waals surface area contributed by atoms with E-state index in [2.05, 4.69) is 20.7 Å². The Balaban J connectivity index is 1.58. The molecule has 8 heteroatoms. The first-order valence-electron chi connectivity index (χ1n) is 7.89. The topological polar surface area (TPSA) is 85.8 Å². The monoisotopic (exact) mass is 357 g/mol. The fourth-order valence-corrected chi connectivity index (χ4v) is 3.03. The Morgan fingerprint density at radius 3 is 2.80 bits per heavy atom. The highest BCUT2D eigenvalue weighted by Gasteiger charge is 2.13. The predicted molar refractivity (Wildman–Crippen MR) is 96.4 cm³/mol. The van der Waals surface area contributed by atoms with Gasteiger partial charge in [0.1, 0.15) is 12.0 Å². The lowest BCUT2D eigenvalue weighted by Crippen LogP contribution is -2.14. The van der Waals surface area contributed by atoms with Crippen LogP contribution < -0.4 is 5.32 Å². The second-order valence-corrected chi connectivity index (χ2v) is 6.84. The third-order valence-corrected chi connectivity index (χ3v) is 4.51. The van der Waals surface area contributed by atoms with Gasteiger partial charge in [0.2, 0.25) is 11.8 Å². The van der Waals surface area contributed by atoms with E-state index in [1.165, 1.54) is 17.3 Å². The van der Waals surface area contributed by atoms with Crippen molar-refractivity contribution in [2.24, 2.45) is 0 Å². The molecule has 3 aromatic rings. The highest BCUT2D eigenvalue weighted by molar-refractivity contribution is 7.99. The molecule has 0 aliphatic rings. The lowest BCUT2D eigenvalue weighted by molar-refractivity contribution is -0.113. The molecule has 0 atom stereocenters. The molecule has 0 fully saturated rings. The standard InChI is InChI=1S/C17H19N5O2S/c1-11(2)22-10-18-20-17(22)25-9-15(23)19-16-8-14(21-24-16)13-6-4-12(3)5-7-13/h4-8,10-11H,9H2,1-3H3,(H,19,23). The van der Waals surface area contributed by atoms with E-state index < -0.39 is 0 Å². The number of nitrogens with one attached hydrogen (secondary N) is 1. The molecule has 130 valence electrons. The van der Waals surface area contributed by atoms with Crippen LogP contribution in [0.1, 0.15) is 25.5 Å². The van der Waals surface area contributed by atoms with Gasteiger partial charge in [-0.05, 0) is 20.8 Å². The van der Waals surface area contributed by atoms with Crippen molar-refractivity contribution >= 4 is 23.6 Å². The van der Waals surface area contributed by atoms with Crippen LogP contribution in [0.15, 0.2) is 46.3 Å². The van der Waals surface area contributed by atoms with Crippen molar-refractivity contribution < 1.29 is 9.32 Å². The Morgan fingerprint density at radius 1 is 1.32 bits per heavy atom. The number of benzene rings is 1. The smallest absolute Gasteiger partial charge is 0.237 e. The maximum absolute atomic E-state index is 12.1. The zero-order valence-electron chi connectivity index (χ0n) is 14.3. The summed E-state index contributed by atoms with van der Waals surface area (Å²) in [6.45, 7) is 6.10. The minimum absolute atomic E-state index is 0.185. The lowest BCUT2D eigenvalue weighted by Gasteiger charge is -2.08. The van der Waals surface area contributed by atoms with Gasteiger partial charge in [0.15, 0.2) is 5.16 Å². The van der Waals surface area contributed by atoms with E-state index in [9.17, 15) is 4.79 Å². The maximum Gasteiger partial charge on any atom is 0.237 e. The van der Waals surface area contributed by atoms with Crippen molar-refractivity contribution in [3.63, 3.8) is 0 Å². The number of carbonyl (C=O) groups excluding carboxylic acids is 1. The SMILES string of the molecule is Cc1ccc(-c2cc(NC(=O)CSc3nncn3C(C)C)on2)cc1. The molecule has 2 aromatic heterocycles. The van der Waals surface area contributed by atoms with Gasteiger partial charge in [0.25, 0.3) is 0 Å². The van der Waals surface area contributed by atoms with Crippen LogP contribution in [0, 0.1) is 6.92 Å². The number of aryl methyl sites for hydroxylation is 1. The minimum atomic E-state index is -0.185. The molecule has 0 radical (unpaired) electrons. The number of hydrogen-bond acceptors (Lipinski definition) is 6. The highest BCUT2D eigenvalue weighted by Crippen LogP contribution is 2.23. The molecule has 1 amide bonds. The fourth-order valence-electron chi connectivity index (χ4n) is 2.19. The zero-order chi connectivity index (χ0) is 17.8. The van der Waals surface area contributed by atoms with Crippen molar-refractivity contribution in [2.45, 2.75) is 32.0 Å². The van der Waals surface area contributed by atoms with Crippen LogP contribution in [0.25, 0.3) is 11.3 Å². The summed E-state index contributed by atoms with van der Waals surface area (Å²) in [7, 11) is 0. The predicted octanol–water partition coefficient (Wildman–Crippen LogP) is 3.55. The molecule has 0 aliphatic carbocycles. The molecule has 0 saturated carbocycles. The molecule has 0 bridgehead atoms. The van der Waals surface area contributed by atoms with E-state index in [1.54, 1.807) is 12.4 Å². The third-order valence-electron chi connectivity index (χ3n) is 3.55. The van der Waals surface area contributed by atoms with Gasteiger partial charge >= 0.3 is 0 Å². The average molecular weight is 357 g/mol. The first-order valence-corrected chi connectivity index (χ1v) is 8.87. The van der Waals surface area contributed by atoms with Crippen LogP contribution in [0.4, 0.5) is 5.88 Å². The van der Waals surface area contributed by atoms with E-state index in [-0.39, 0.29) is 17.7 Å². The number of rotatable bonds is 6. The normalized spacial score (nSPS) is 11.0. The third kappa shape index (κ3) is 4.27. The molecule has 1 aromatic carbocycles. The summed E-state index contributed by atoms with van der Waals surface area (Å²) >= 11 is 1.33. The molecule has 25 heavy (non-hydrogen) atoms. The van der Waals surface area contributed by atoms with Gasteiger partial charge in [-0.1, -0.05) is 46.7 Å². The number of nitrogens with zero attached hydrogens (tertiary/aromatic N) is 4. The molecule has 0 spiro atoms. The summed E-state index contributed by atoms with van der Waals surface area (Å²) in [6, 6.07) is 9.89. The number of amides is 1. The largest absolute Gasteiger partial charge is 0.338 e. The van der Waals surface area contributed by atoms with E-state index in [1.807, 2.05) is 49.6 Å². The number of carbonyl (C=O) groups is 1. The Labute approximate surface area is 149 Å². The van der Waals surface area contributed by atoms with Crippen molar-refractivity contribution in [3.05, 3.63) is 42.2 Å². The van der Waals surface area contributed by atoms with Gasteiger partial charge in [0.05, 0.1) is 5.75 Å². The minimum Gasteiger partial charge on any atom is -0.338 e. The van der Waals surface area contributed by atoms with Crippen LogP contribution in [-0.2, 0) is 4.79 Å². The number of anilines is 1. The first kappa shape index (κ1) is 17.2. The molecule has 0 saturated heterocycles. The highest BCUT2D eigenvalue weighted by atomic mass is 32.2. The van der Waals surface area contributed by atoms with Crippen molar-refractivity contribution in [2.75, 3.05) is 11.1 Å². The number of thioether (sulfide) groups is 1. The Morgan fingerprint density at radius 2 is 2.08 bits per heavy atom. The summed E-state index contributed by atoms with van der Waals surface area (Å²) in [5.41, 5.74) is 2.80. The molecule has 3 rings (SSSR count). The number of aromatic nitrogens is 4. The molecule has 0 unspecified atom stereocenters. The Kier molecular flexibility index (Phi) is 5.18. The summed E-state index contributed by atoms with van der Waals surface area (Å²) in [5.74, 6) is 0.354. The molecular weight excluding hydrogens is 338 g/mol. The zero-order valence-corrected chi connectivity index (χ0v) is 15.1. The van der Waals surface area contributed by atoms with E-state index in [4.69, 9.17) is 4.52 Å². The maximum atomic E-state index is 12.1. The molecular formula is C17H19N5O2S. The Bertz CT molecular complexity index is 854. The molecule has 7 nitrogen and oxygen atoms in total. The van der Waals surface area contributed by atoms with E-state index in [0.717, 1.165) is 5.56 Å². The van der Waals surface area contributed by atoms with Crippen LogP contribution in [0.3, 0.4) is 0 Å². The van der Waals surface area contributed by atoms with Gasteiger partial charge in [0, 0.05) is 17.7 Å². The fraction of sp³-hybridized carbons (Fsp3) is 0.294. The summed E-state index contributed by atoms with van der Waals surface area (Å²) in [4.78, 5) is 12.1. The second-order valence-electron chi connectivity index (χ2n) is 5.89. The van der Waals surface area contributed by atoms with Gasteiger partial charge in [-0.3, -0.25) is 10.1 Å². The molecule has 0 aliphatic heterocycles. The van der Waals surface area contributed by atoms with Crippen molar-refractivity contribution in [3.8, 4) is 11.3 Å². The number of hydrogen-bond donors (Lipinski definition) is 1. The van der Waals surface area contributed by atoms with Crippen LogP contribution in [0.2, 0.25) is 0 Å².